The minimum atomic E-state index is 0.235. The van der Waals surface area contributed by atoms with E-state index in [1.165, 1.54) is 25.7 Å². The van der Waals surface area contributed by atoms with Gasteiger partial charge in [0.15, 0.2) is 0 Å². The first kappa shape index (κ1) is 17.5. The van der Waals surface area contributed by atoms with Gasteiger partial charge in [0.2, 0.25) is 5.91 Å². The Morgan fingerprint density at radius 3 is 2.70 bits per heavy atom. The molecular weight excluding hydrogens is 248 g/mol. The van der Waals surface area contributed by atoms with Crippen molar-refractivity contribution in [2.75, 3.05) is 19.6 Å². The van der Waals surface area contributed by atoms with Crippen LogP contribution in [0.4, 0.5) is 0 Å². The van der Waals surface area contributed by atoms with Gasteiger partial charge in [-0.2, -0.15) is 0 Å². The maximum atomic E-state index is 11.9. The van der Waals surface area contributed by atoms with Crippen LogP contribution in [0.25, 0.3) is 0 Å². The Labute approximate surface area is 125 Å². The first-order chi connectivity index (χ1) is 9.38. The predicted octanol–water partition coefficient (Wildman–Crippen LogP) is 3.34. The number of nitrogens with one attached hydrogen (secondary N) is 2. The summed E-state index contributed by atoms with van der Waals surface area (Å²) in [6, 6.07) is 0. The maximum absolute atomic E-state index is 11.9. The SMILES string of the molecule is CC(CC(=O)NCCCCC(C)(C)C)C1CCCNC1. The summed E-state index contributed by atoms with van der Waals surface area (Å²) in [6.45, 7) is 12.1. The second-order valence-corrected chi connectivity index (χ2v) is 7.66. The molecule has 2 atom stereocenters. The lowest BCUT2D eigenvalue weighted by Gasteiger charge is -2.28. The highest BCUT2D eigenvalue weighted by Crippen LogP contribution is 2.23. The van der Waals surface area contributed by atoms with Gasteiger partial charge in [0.25, 0.3) is 0 Å². The van der Waals surface area contributed by atoms with E-state index in [1.807, 2.05) is 0 Å². The molecule has 1 heterocycles. The fourth-order valence-corrected chi connectivity index (χ4v) is 2.90. The third kappa shape index (κ3) is 7.88. The Balaban J connectivity index is 2.07. The van der Waals surface area contributed by atoms with Crippen LogP contribution in [0, 0.1) is 17.3 Å². The van der Waals surface area contributed by atoms with Crippen LogP contribution < -0.4 is 10.6 Å². The zero-order chi connectivity index (χ0) is 15.0. The average Bonchev–Trinajstić information content (AvgIpc) is 2.38. The molecule has 0 spiro atoms. The molecular formula is C17H34N2O. The van der Waals surface area contributed by atoms with Crippen molar-refractivity contribution >= 4 is 5.91 Å². The standard InChI is InChI=1S/C17H34N2O/c1-14(15-8-7-10-18-13-15)12-16(20)19-11-6-5-9-17(2,3)4/h14-15,18H,5-13H2,1-4H3,(H,19,20). The molecule has 0 aromatic carbocycles. The van der Waals surface area contributed by atoms with Gasteiger partial charge in [-0.15, -0.1) is 0 Å². The highest BCUT2D eigenvalue weighted by atomic mass is 16.1. The highest BCUT2D eigenvalue weighted by molar-refractivity contribution is 5.76. The summed E-state index contributed by atoms with van der Waals surface area (Å²) in [7, 11) is 0. The second kappa shape index (κ2) is 8.66. The Hall–Kier alpha value is -0.570. The first-order valence-electron chi connectivity index (χ1n) is 8.36. The Kier molecular flexibility index (Phi) is 7.57. The summed E-state index contributed by atoms with van der Waals surface area (Å²) in [6.07, 6.45) is 6.74. The van der Waals surface area contributed by atoms with E-state index in [0.29, 0.717) is 23.7 Å². The van der Waals surface area contributed by atoms with Gasteiger partial charge in [-0.1, -0.05) is 34.1 Å². The van der Waals surface area contributed by atoms with E-state index < -0.39 is 0 Å². The average molecular weight is 282 g/mol. The number of amides is 1. The summed E-state index contributed by atoms with van der Waals surface area (Å²) in [5.74, 6) is 1.41. The Morgan fingerprint density at radius 2 is 2.10 bits per heavy atom. The quantitative estimate of drug-likeness (QED) is 0.703. The van der Waals surface area contributed by atoms with Crippen molar-refractivity contribution in [3.8, 4) is 0 Å². The number of carbonyl (C=O) groups is 1. The Morgan fingerprint density at radius 1 is 1.35 bits per heavy atom. The molecule has 2 N–H and O–H groups in total. The second-order valence-electron chi connectivity index (χ2n) is 7.66. The van der Waals surface area contributed by atoms with Gasteiger partial charge in [-0.05, 0) is 56.0 Å². The third-order valence-electron chi connectivity index (χ3n) is 4.32. The molecule has 1 aliphatic rings. The summed E-state index contributed by atoms with van der Waals surface area (Å²) >= 11 is 0. The highest BCUT2D eigenvalue weighted by Gasteiger charge is 2.21. The molecule has 0 saturated carbocycles. The summed E-state index contributed by atoms with van der Waals surface area (Å²) in [4.78, 5) is 11.9. The molecule has 1 aliphatic heterocycles. The van der Waals surface area contributed by atoms with Crippen LogP contribution in [-0.2, 0) is 4.79 Å². The van der Waals surface area contributed by atoms with Crippen LogP contribution in [0.3, 0.4) is 0 Å². The zero-order valence-corrected chi connectivity index (χ0v) is 13.9. The number of unbranched alkanes of at least 4 members (excludes halogenated alkanes) is 1. The fraction of sp³-hybridized carbons (Fsp3) is 0.941. The first-order valence-corrected chi connectivity index (χ1v) is 8.36. The van der Waals surface area contributed by atoms with Gasteiger partial charge in [-0.25, -0.2) is 0 Å². The van der Waals surface area contributed by atoms with Crippen molar-refractivity contribution in [3.05, 3.63) is 0 Å². The Bertz CT molecular complexity index is 277. The monoisotopic (exact) mass is 282 g/mol. The molecule has 118 valence electrons. The van der Waals surface area contributed by atoms with Gasteiger partial charge in [0, 0.05) is 13.0 Å². The van der Waals surface area contributed by atoms with E-state index in [2.05, 4.69) is 38.3 Å². The summed E-state index contributed by atoms with van der Waals surface area (Å²) in [5.41, 5.74) is 0.409. The molecule has 3 heteroatoms. The molecule has 2 unspecified atom stereocenters. The molecule has 1 fully saturated rings. The molecule has 0 aromatic heterocycles. The van der Waals surface area contributed by atoms with Crippen LogP contribution in [0.2, 0.25) is 0 Å². The number of hydrogen-bond donors (Lipinski definition) is 2. The smallest absolute Gasteiger partial charge is 0.220 e. The van der Waals surface area contributed by atoms with Crippen molar-refractivity contribution in [3.63, 3.8) is 0 Å². The number of rotatable bonds is 7. The predicted molar refractivity (Wildman–Crippen MR) is 85.7 cm³/mol. The molecule has 1 amide bonds. The lowest BCUT2D eigenvalue weighted by atomic mass is 9.85. The lowest BCUT2D eigenvalue weighted by Crippen LogP contribution is -2.35. The van der Waals surface area contributed by atoms with Crippen LogP contribution in [0.5, 0.6) is 0 Å². The molecule has 1 saturated heterocycles. The van der Waals surface area contributed by atoms with E-state index in [1.54, 1.807) is 0 Å². The topological polar surface area (TPSA) is 41.1 Å². The maximum Gasteiger partial charge on any atom is 0.220 e. The lowest BCUT2D eigenvalue weighted by molar-refractivity contribution is -0.122. The van der Waals surface area contributed by atoms with E-state index in [4.69, 9.17) is 0 Å². The van der Waals surface area contributed by atoms with Gasteiger partial charge >= 0.3 is 0 Å². The van der Waals surface area contributed by atoms with Crippen LogP contribution >= 0.6 is 0 Å². The van der Waals surface area contributed by atoms with E-state index >= 15 is 0 Å². The van der Waals surface area contributed by atoms with Crippen LogP contribution in [-0.4, -0.2) is 25.5 Å². The molecule has 0 radical (unpaired) electrons. The van der Waals surface area contributed by atoms with Crippen molar-refractivity contribution in [1.82, 2.24) is 10.6 Å². The molecule has 0 aromatic rings. The molecule has 1 rings (SSSR count). The number of hydrogen-bond acceptors (Lipinski definition) is 2. The fourth-order valence-electron chi connectivity index (χ4n) is 2.90. The van der Waals surface area contributed by atoms with Crippen molar-refractivity contribution in [1.29, 1.82) is 0 Å². The largest absolute Gasteiger partial charge is 0.356 e. The molecule has 0 aliphatic carbocycles. The van der Waals surface area contributed by atoms with Crippen LogP contribution in [0.1, 0.15) is 66.2 Å². The van der Waals surface area contributed by atoms with Gasteiger partial charge in [0.1, 0.15) is 0 Å². The minimum absolute atomic E-state index is 0.235. The molecule has 0 bridgehead atoms. The van der Waals surface area contributed by atoms with Crippen molar-refractivity contribution in [2.45, 2.75) is 66.2 Å². The van der Waals surface area contributed by atoms with Gasteiger partial charge in [0.05, 0.1) is 0 Å². The summed E-state index contributed by atoms with van der Waals surface area (Å²) in [5, 5.41) is 6.51. The van der Waals surface area contributed by atoms with Crippen molar-refractivity contribution in [2.24, 2.45) is 17.3 Å². The third-order valence-corrected chi connectivity index (χ3v) is 4.32. The minimum Gasteiger partial charge on any atom is -0.356 e. The van der Waals surface area contributed by atoms with Gasteiger partial charge < -0.3 is 10.6 Å². The normalized spacial score (nSPS) is 21.5. The zero-order valence-electron chi connectivity index (χ0n) is 13.9. The van der Waals surface area contributed by atoms with Crippen molar-refractivity contribution < 1.29 is 4.79 Å². The molecule has 20 heavy (non-hydrogen) atoms. The molecule has 3 nitrogen and oxygen atoms in total. The van der Waals surface area contributed by atoms with E-state index in [0.717, 1.165) is 26.1 Å². The number of carbonyl (C=O) groups excluding carboxylic acids is 1. The van der Waals surface area contributed by atoms with Gasteiger partial charge in [-0.3, -0.25) is 4.79 Å². The van der Waals surface area contributed by atoms with E-state index in [9.17, 15) is 4.79 Å². The number of piperidine rings is 1. The van der Waals surface area contributed by atoms with Crippen LogP contribution in [0.15, 0.2) is 0 Å². The summed E-state index contributed by atoms with van der Waals surface area (Å²) < 4.78 is 0. The van der Waals surface area contributed by atoms with E-state index in [-0.39, 0.29) is 5.91 Å².